The summed E-state index contributed by atoms with van der Waals surface area (Å²) >= 11 is 1.16. The summed E-state index contributed by atoms with van der Waals surface area (Å²) in [6, 6.07) is 3.39. The molecule has 1 saturated heterocycles. The van der Waals surface area contributed by atoms with Crippen molar-refractivity contribution in [3.05, 3.63) is 28.7 Å². The van der Waals surface area contributed by atoms with Crippen LogP contribution in [-0.2, 0) is 4.79 Å². The van der Waals surface area contributed by atoms with Gasteiger partial charge >= 0.3 is 13.2 Å². The lowest BCUT2D eigenvalue weighted by Crippen LogP contribution is -2.33. The fourth-order valence-corrected chi connectivity index (χ4v) is 3.72. The van der Waals surface area contributed by atoms with Gasteiger partial charge in [0.05, 0.1) is 4.91 Å². The molecule has 0 atom stereocenters. The van der Waals surface area contributed by atoms with Crippen LogP contribution in [0.1, 0.15) is 24.8 Å². The number of thioether (sulfide) groups is 1. The zero-order chi connectivity index (χ0) is 19.4. The third kappa shape index (κ3) is 5.15. The van der Waals surface area contributed by atoms with Gasteiger partial charge in [0.2, 0.25) is 0 Å². The lowest BCUT2D eigenvalue weighted by Gasteiger charge is -2.27. The second kappa shape index (κ2) is 8.64. The topological polar surface area (TPSA) is 51.1 Å². The molecule has 1 fully saturated rings. The first-order valence-corrected chi connectivity index (χ1v) is 9.05. The average Bonchev–Trinajstić information content (AvgIpc) is 2.98. The smallest absolute Gasteiger partial charge is 0.387 e. The van der Waals surface area contributed by atoms with Gasteiger partial charge in [0, 0.05) is 24.7 Å². The van der Waals surface area contributed by atoms with Crippen molar-refractivity contribution < 1.29 is 31.8 Å². The van der Waals surface area contributed by atoms with Gasteiger partial charge in [-0.1, -0.05) is 0 Å². The Labute approximate surface area is 157 Å². The molecule has 27 heavy (non-hydrogen) atoms. The van der Waals surface area contributed by atoms with Crippen molar-refractivity contribution in [3.63, 3.8) is 0 Å². The lowest BCUT2D eigenvalue weighted by molar-refractivity contribution is -0.113. The van der Waals surface area contributed by atoms with Crippen LogP contribution in [0.3, 0.4) is 0 Å². The van der Waals surface area contributed by atoms with Crippen molar-refractivity contribution in [1.29, 1.82) is 0 Å². The maximum Gasteiger partial charge on any atom is 0.387 e. The van der Waals surface area contributed by atoms with Crippen molar-refractivity contribution in [1.82, 2.24) is 4.90 Å². The van der Waals surface area contributed by atoms with Crippen molar-refractivity contribution in [2.45, 2.75) is 32.5 Å². The molecule has 0 unspecified atom stereocenters. The van der Waals surface area contributed by atoms with E-state index in [1.165, 1.54) is 18.2 Å². The fourth-order valence-electron chi connectivity index (χ4n) is 2.77. The van der Waals surface area contributed by atoms with E-state index in [1.807, 2.05) is 4.90 Å². The number of amides is 1. The molecule has 5 nitrogen and oxygen atoms in total. The van der Waals surface area contributed by atoms with Crippen LogP contribution in [0.15, 0.2) is 28.1 Å². The molecule has 1 amide bonds. The molecule has 0 aromatic heterocycles. The molecule has 0 saturated carbocycles. The van der Waals surface area contributed by atoms with Crippen LogP contribution < -0.4 is 9.47 Å². The van der Waals surface area contributed by atoms with Gasteiger partial charge in [0.25, 0.3) is 5.91 Å². The Bertz CT molecular complexity index is 765. The standard InChI is InChI=1S/C17H16F4N2O3S/c18-15(19)25-11-5-4-10(12(9-11)26-16(20)21)8-13-14(24)22-17(27-13)23-6-2-1-3-7-23/h4-5,8-9,15-16H,1-3,6-7H2. The van der Waals surface area contributed by atoms with Crippen LogP contribution in [0.5, 0.6) is 11.5 Å². The van der Waals surface area contributed by atoms with E-state index in [9.17, 15) is 22.4 Å². The number of rotatable bonds is 5. The van der Waals surface area contributed by atoms with E-state index in [0.717, 1.165) is 50.2 Å². The number of hydrogen-bond acceptors (Lipinski definition) is 5. The molecular formula is C17H16F4N2O3S. The molecule has 10 heteroatoms. The minimum Gasteiger partial charge on any atom is -0.435 e. The van der Waals surface area contributed by atoms with Crippen LogP contribution in [0.4, 0.5) is 17.6 Å². The van der Waals surface area contributed by atoms with Gasteiger partial charge in [-0.25, -0.2) is 0 Å². The summed E-state index contributed by atoms with van der Waals surface area (Å²) in [5.74, 6) is -1.16. The highest BCUT2D eigenvalue weighted by molar-refractivity contribution is 8.18. The summed E-state index contributed by atoms with van der Waals surface area (Å²) in [6.07, 6.45) is 4.53. The summed E-state index contributed by atoms with van der Waals surface area (Å²) in [7, 11) is 0. The summed E-state index contributed by atoms with van der Waals surface area (Å²) in [6.45, 7) is -4.63. The summed E-state index contributed by atoms with van der Waals surface area (Å²) in [5.41, 5.74) is 0.142. The summed E-state index contributed by atoms with van der Waals surface area (Å²) < 4.78 is 58.5. The van der Waals surface area contributed by atoms with Crippen LogP contribution in [0.25, 0.3) is 6.08 Å². The average molecular weight is 404 g/mol. The van der Waals surface area contributed by atoms with Crippen molar-refractivity contribution in [2.24, 2.45) is 4.99 Å². The van der Waals surface area contributed by atoms with Gasteiger partial charge < -0.3 is 14.4 Å². The van der Waals surface area contributed by atoms with Crippen LogP contribution >= 0.6 is 11.8 Å². The number of carbonyl (C=O) groups excluding carboxylic acids is 1. The number of aliphatic imine (C=N–C) groups is 1. The van der Waals surface area contributed by atoms with Crippen molar-refractivity contribution in [2.75, 3.05) is 13.1 Å². The Morgan fingerprint density at radius 2 is 1.78 bits per heavy atom. The Balaban J connectivity index is 1.82. The van der Waals surface area contributed by atoms with E-state index in [2.05, 4.69) is 14.5 Å². The highest BCUT2D eigenvalue weighted by Crippen LogP contribution is 2.35. The first kappa shape index (κ1) is 19.5. The molecule has 146 valence electrons. The highest BCUT2D eigenvalue weighted by Gasteiger charge is 2.27. The Morgan fingerprint density at radius 3 is 2.44 bits per heavy atom. The normalized spacial score (nSPS) is 19.2. The Kier molecular flexibility index (Phi) is 6.25. The van der Waals surface area contributed by atoms with Crippen LogP contribution in [0.2, 0.25) is 0 Å². The number of likely N-dealkylation sites (tertiary alicyclic amines) is 1. The number of halogens is 4. The summed E-state index contributed by atoms with van der Waals surface area (Å²) in [5, 5.41) is 0.583. The zero-order valence-corrected chi connectivity index (χ0v) is 14.9. The fraction of sp³-hybridized carbons (Fsp3) is 0.412. The van der Waals surface area contributed by atoms with E-state index in [0.29, 0.717) is 5.17 Å². The molecule has 0 bridgehead atoms. The molecule has 1 aromatic rings. The van der Waals surface area contributed by atoms with E-state index in [4.69, 9.17) is 0 Å². The molecule has 0 spiro atoms. The van der Waals surface area contributed by atoms with Crippen LogP contribution in [0, 0.1) is 0 Å². The minimum atomic E-state index is -3.16. The van der Waals surface area contributed by atoms with Gasteiger partial charge in [0.1, 0.15) is 11.5 Å². The van der Waals surface area contributed by atoms with Gasteiger partial charge in [-0.2, -0.15) is 22.6 Å². The van der Waals surface area contributed by atoms with Gasteiger partial charge in [-0.3, -0.25) is 4.79 Å². The molecule has 2 aliphatic rings. The quantitative estimate of drug-likeness (QED) is 0.540. The number of ether oxygens (including phenoxy) is 2. The molecule has 1 aromatic carbocycles. The second-order valence-electron chi connectivity index (χ2n) is 5.81. The number of piperidine rings is 1. The number of alkyl halides is 4. The SMILES string of the molecule is O=C1N=C(N2CCCCC2)SC1=Cc1ccc(OC(F)F)cc1OC(F)F. The van der Waals surface area contributed by atoms with E-state index < -0.39 is 19.1 Å². The largest absolute Gasteiger partial charge is 0.435 e. The third-order valence-electron chi connectivity index (χ3n) is 3.95. The lowest BCUT2D eigenvalue weighted by atomic mass is 10.1. The van der Waals surface area contributed by atoms with E-state index >= 15 is 0 Å². The first-order chi connectivity index (χ1) is 12.9. The van der Waals surface area contributed by atoms with Crippen molar-refractivity contribution >= 4 is 28.9 Å². The highest BCUT2D eigenvalue weighted by atomic mass is 32.2. The number of hydrogen-bond donors (Lipinski definition) is 0. The molecule has 0 aliphatic carbocycles. The molecule has 2 heterocycles. The predicted octanol–water partition coefficient (Wildman–Crippen LogP) is 4.35. The number of carbonyl (C=O) groups is 1. The number of amidine groups is 1. The number of nitrogens with zero attached hydrogens (tertiary/aromatic N) is 2. The first-order valence-electron chi connectivity index (χ1n) is 8.23. The van der Waals surface area contributed by atoms with E-state index in [1.54, 1.807) is 0 Å². The van der Waals surface area contributed by atoms with Crippen LogP contribution in [-0.4, -0.2) is 42.3 Å². The monoisotopic (exact) mass is 404 g/mol. The van der Waals surface area contributed by atoms with E-state index in [-0.39, 0.29) is 22.0 Å². The Hall–Kier alpha value is -2.23. The minimum absolute atomic E-state index is 0.142. The maximum atomic E-state index is 12.7. The predicted molar refractivity (Wildman–Crippen MR) is 93.1 cm³/mol. The Morgan fingerprint density at radius 1 is 1.07 bits per heavy atom. The molecule has 0 radical (unpaired) electrons. The van der Waals surface area contributed by atoms with Gasteiger partial charge in [-0.15, -0.1) is 0 Å². The summed E-state index contributed by atoms with van der Waals surface area (Å²) in [4.78, 5) is 18.4. The number of benzene rings is 1. The zero-order valence-electron chi connectivity index (χ0n) is 14.0. The van der Waals surface area contributed by atoms with Gasteiger partial charge in [0.15, 0.2) is 5.17 Å². The third-order valence-corrected chi connectivity index (χ3v) is 4.99. The molecular weight excluding hydrogens is 388 g/mol. The maximum absolute atomic E-state index is 12.7. The van der Waals surface area contributed by atoms with Crippen molar-refractivity contribution in [3.8, 4) is 11.5 Å². The molecule has 2 aliphatic heterocycles. The molecule has 3 rings (SSSR count). The van der Waals surface area contributed by atoms with Gasteiger partial charge in [-0.05, 0) is 49.2 Å². The second-order valence-corrected chi connectivity index (χ2v) is 6.82. The molecule has 0 N–H and O–H groups in total.